The van der Waals surface area contributed by atoms with Crippen LogP contribution in [0.25, 0.3) is 0 Å². The Labute approximate surface area is 134 Å². The Morgan fingerprint density at radius 1 is 1.26 bits per heavy atom. The molecule has 1 aliphatic rings. The number of methoxy groups -OCH3 is 1. The number of esters is 1. The van der Waals surface area contributed by atoms with Gasteiger partial charge < -0.3 is 19.9 Å². The maximum absolute atomic E-state index is 12.6. The highest BCUT2D eigenvalue weighted by atomic mass is 16.5. The number of nitrogens with zero attached hydrogens (tertiary/aromatic N) is 1. The minimum atomic E-state index is -0.469. The standard InChI is InChI=1S/C17H19N3O3/c1-23-16(21)12-6-2-3-7-13(12)19-17(22)20-11-5-9-15(20)14-8-4-10-18-14/h2-4,6-8,10,15,18H,5,9,11H2,1H3,(H,19,22). The quantitative estimate of drug-likeness (QED) is 0.855. The second-order valence-corrected chi connectivity index (χ2v) is 5.44. The highest BCUT2D eigenvalue weighted by molar-refractivity contribution is 6.00. The van der Waals surface area contributed by atoms with Crippen molar-refractivity contribution in [3.05, 3.63) is 53.9 Å². The average molecular weight is 313 g/mol. The highest BCUT2D eigenvalue weighted by Gasteiger charge is 2.31. The summed E-state index contributed by atoms with van der Waals surface area (Å²) in [6.45, 7) is 0.690. The number of hydrogen-bond donors (Lipinski definition) is 2. The molecular weight excluding hydrogens is 294 g/mol. The minimum absolute atomic E-state index is 0.0373. The van der Waals surface area contributed by atoms with Crippen LogP contribution in [0, 0.1) is 0 Å². The fourth-order valence-corrected chi connectivity index (χ4v) is 2.95. The summed E-state index contributed by atoms with van der Waals surface area (Å²) in [4.78, 5) is 29.4. The molecule has 2 amide bonds. The molecule has 23 heavy (non-hydrogen) atoms. The van der Waals surface area contributed by atoms with E-state index in [4.69, 9.17) is 4.74 Å². The Morgan fingerprint density at radius 2 is 2.09 bits per heavy atom. The van der Waals surface area contributed by atoms with Gasteiger partial charge in [-0.2, -0.15) is 0 Å². The van der Waals surface area contributed by atoms with Crippen molar-refractivity contribution in [3.8, 4) is 0 Å². The lowest BCUT2D eigenvalue weighted by molar-refractivity contribution is 0.0602. The third kappa shape index (κ3) is 3.06. The largest absolute Gasteiger partial charge is 0.465 e. The van der Waals surface area contributed by atoms with E-state index in [1.165, 1.54) is 7.11 Å². The monoisotopic (exact) mass is 313 g/mol. The normalized spacial score (nSPS) is 17.1. The number of carbonyl (C=O) groups is 2. The number of nitrogens with one attached hydrogen (secondary N) is 2. The molecule has 1 aromatic heterocycles. The summed E-state index contributed by atoms with van der Waals surface area (Å²) in [5.41, 5.74) is 1.83. The fourth-order valence-electron chi connectivity index (χ4n) is 2.95. The summed E-state index contributed by atoms with van der Waals surface area (Å²) in [7, 11) is 1.32. The van der Waals surface area contributed by atoms with Gasteiger partial charge in [0, 0.05) is 18.4 Å². The summed E-state index contributed by atoms with van der Waals surface area (Å²) in [6.07, 6.45) is 3.73. The van der Waals surface area contributed by atoms with Crippen LogP contribution < -0.4 is 5.32 Å². The summed E-state index contributed by atoms with van der Waals surface area (Å²) >= 11 is 0. The van der Waals surface area contributed by atoms with Crippen molar-refractivity contribution in [1.29, 1.82) is 0 Å². The molecule has 0 aliphatic carbocycles. The van der Waals surface area contributed by atoms with Crippen molar-refractivity contribution < 1.29 is 14.3 Å². The van der Waals surface area contributed by atoms with Crippen LogP contribution in [-0.4, -0.2) is 35.5 Å². The summed E-state index contributed by atoms with van der Waals surface area (Å²) in [6, 6.07) is 10.6. The molecule has 1 unspecified atom stereocenters. The Kier molecular flexibility index (Phi) is 4.32. The molecule has 0 spiro atoms. The number of H-pyrrole nitrogens is 1. The summed E-state index contributed by atoms with van der Waals surface area (Å²) < 4.78 is 4.76. The van der Waals surface area contributed by atoms with Crippen LogP contribution in [0.1, 0.15) is 34.9 Å². The number of benzene rings is 1. The smallest absolute Gasteiger partial charge is 0.339 e. The zero-order valence-corrected chi connectivity index (χ0v) is 12.9. The van der Waals surface area contributed by atoms with E-state index < -0.39 is 5.97 Å². The van der Waals surface area contributed by atoms with Gasteiger partial charge in [0.2, 0.25) is 0 Å². The topological polar surface area (TPSA) is 74.4 Å². The van der Waals surface area contributed by atoms with Gasteiger partial charge in [0.05, 0.1) is 24.4 Å². The molecule has 120 valence electrons. The summed E-state index contributed by atoms with van der Waals surface area (Å²) in [5, 5.41) is 2.83. The molecule has 2 N–H and O–H groups in total. The maximum Gasteiger partial charge on any atom is 0.339 e. The number of ether oxygens (including phenoxy) is 1. The van der Waals surface area contributed by atoms with Crippen LogP contribution >= 0.6 is 0 Å². The van der Waals surface area contributed by atoms with E-state index in [1.54, 1.807) is 29.2 Å². The first-order valence-corrected chi connectivity index (χ1v) is 7.59. The van der Waals surface area contributed by atoms with Crippen molar-refractivity contribution in [2.45, 2.75) is 18.9 Å². The van der Waals surface area contributed by atoms with Crippen molar-refractivity contribution in [3.63, 3.8) is 0 Å². The van der Waals surface area contributed by atoms with E-state index in [1.807, 2.05) is 18.3 Å². The molecule has 1 fully saturated rings. The number of aromatic nitrogens is 1. The molecule has 0 bridgehead atoms. The molecule has 1 aliphatic heterocycles. The lowest BCUT2D eigenvalue weighted by Crippen LogP contribution is -2.35. The summed E-state index contributed by atoms with van der Waals surface area (Å²) in [5.74, 6) is -0.469. The highest BCUT2D eigenvalue weighted by Crippen LogP contribution is 2.31. The van der Waals surface area contributed by atoms with Crippen molar-refractivity contribution in [2.24, 2.45) is 0 Å². The molecule has 1 saturated heterocycles. The zero-order chi connectivity index (χ0) is 16.2. The Morgan fingerprint density at radius 3 is 2.83 bits per heavy atom. The molecule has 2 heterocycles. The minimum Gasteiger partial charge on any atom is -0.465 e. The van der Waals surface area contributed by atoms with Crippen molar-refractivity contribution in [1.82, 2.24) is 9.88 Å². The van der Waals surface area contributed by atoms with Gasteiger partial charge in [-0.05, 0) is 37.1 Å². The first-order valence-electron chi connectivity index (χ1n) is 7.59. The fraction of sp³-hybridized carbons (Fsp3) is 0.294. The molecular formula is C17H19N3O3. The molecule has 3 rings (SSSR count). The molecule has 6 heteroatoms. The van der Waals surface area contributed by atoms with E-state index in [2.05, 4.69) is 10.3 Å². The van der Waals surface area contributed by atoms with Gasteiger partial charge in [-0.25, -0.2) is 9.59 Å². The van der Waals surface area contributed by atoms with Gasteiger partial charge in [-0.1, -0.05) is 12.1 Å². The third-order valence-electron chi connectivity index (χ3n) is 4.07. The lowest BCUT2D eigenvalue weighted by Gasteiger charge is -2.24. The number of hydrogen-bond acceptors (Lipinski definition) is 3. The second-order valence-electron chi connectivity index (χ2n) is 5.44. The number of rotatable bonds is 3. The van der Waals surface area contributed by atoms with Crippen LogP contribution in [0.2, 0.25) is 0 Å². The lowest BCUT2D eigenvalue weighted by atomic mass is 10.1. The predicted octanol–water partition coefficient (Wildman–Crippen LogP) is 3.17. The second kappa shape index (κ2) is 6.56. The number of amides is 2. The number of para-hydroxylation sites is 1. The van der Waals surface area contributed by atoms with Gasteiger partial charge in [-0.15, -0.1) is 0 Å². The number of likely N-dealkylation sites (tertiary alicyclic amines) is 1. The van der Waals surface area contributed by atoms with Gasteiger partial charge in [0.15, 0.2) is 0 Å². The molecule has 2 aromatic rings. The van der Waals surface area contributed by atoms with E-state index in [9.17, 15) is 9.59 Å². The Balaban J connectivity index is 1.78. The van der Waals surface area contributed by atoms with Crippen molar-refractivity contribution >= 4 is 17.7 Å². The zero-order valence-electron chi connectivity index (χ0n) is 12.9. The molecule has 0 radical (unpaired) electrons. The molecule has 1 aromatic carbocycles. The maximum atomic E-state index is 12.6. The van der Waals surface area contributed by atoms with E-state index >= 15 is 0 Å². The van der Waals surface area contributed by atoms with Gasteiger partial charge >= 0.3 is 12.0 Å². The first kappa shape index (κ1) is 15.1. The van der Waals surface area contributed by atoms with Crippen LogP contribution in [0.15, 0.2) is 42.6 Å². The van der Waals surface area contributed by atoms with Gasteiger partial charge in [-0.3, -0.25) is 0 Å². The third-order valence-corrected chi connectivity index (χ3v) is 4.07. The first-order chi connectivity index (χ1) is 11.2. The van der Waals surface area contributed by atoms with Gasteiger partial charge in [0.1, 0.15) is 0 Å². The Hall–Kier alpha value is -2.76. The predicted molar refractivity (Wildman–Crippen MR) is 86.3 cm³/mol. The van der Waals surface area contributed by atoms with E-state index in [-0.39, 0.29) is 12.1 Å². The SMILES string of the molecule is COC(=O)c1ccccc1NC(=O)N1CCCC1c1ccc[nH]1. The van der Waals surface area contributed by atoms with Crippen LogP contribution in [0.5, 0.6) is 0 Å². The molecule has 0 saturated carbocycles. The van der Waals surface area contributed by atoms with Crippen molar-refractivity contribution in [2.75, 3.05) is 19.0 Å². The number of carbonyl (C=O) groups excluding carboxylic acids is 2. The average Bonchev–Trinajstić information content (AvgIpc) is 3.25. The van der Waals surface area contributed by atoms with Crippen LogP contribution in [-0.2, 0) is 4.74 Å². The van der Waals surface area contributed by atoms with E-state index in [0.29, 0.717) is 17.8 Å². The molecule has 1 atom stereocenters. The number of aromatic amines is 1. The molecule has 6 nitrogen and oxygen atoms in total. The number of anilines is 1. The van der Waals surface area contributed by atoms with Crippen LogP contribution in [0.4, 0.5) is 10.5 Å². The van der Waals surface area contributed by atoms with Crippen LogP contribution in [0.3, 0.4) is 0 Å². The van der Waals surface area contributed by atoms with Gasteiger partial charge in [0.25, 0.3) is 0 Å². The van der Waals surface area contributed by atoms with E-state index in [0.717, 1.165) is 18.5 Å². The number of urea groups is 1. The Bertz CT molecular complexity index is 697.